The van der Waals surface area contributed by atoms with E-state index in [1.807, 2.05) is 31.4 Å². The second kappa shape index (κ2) is 5.46. The van der Waals surface area contributed by atoms with Crippen LogP contribution in [0.2, 0.25) is 5.02 Å². The van der Waals surface area contributed by atoms with E-state index in [0.717, 1.165) is 16.2 Å². The molecule has 0 spiro atoms. The number of benzene rings is 1. The highest BCUT2D eigenvalue weighted by Gasteiger charge is 2.04. The van der Waals surface area contributed by atoms with Crippen molar-refractivity contribution in [2.75, 3.05) is 12.0 Å². The van der Waals surface area contributed by atoms with Crippen molar-refractivity contribution in [3.05, 3.63) is 40.7 Å². The molecule has 18 heavy (non-hydrogen) atoms. The molecule has 0 atom stereocenters. The van der Waals surface area contributed by atoms with E-state index in [2.05, 4.69) is 10.1 Å². The Kier molecular flexibility index (Phi) is 3.93. The summed E-state index contributed by atoms with van der Waals surface area (Å²) in [7, 11) is 0. The van der Waals surface area contributed by atoms with Gasteiger partial charge in [-0.15, -0.1) is 11.8 Å². The molecule has 4 nitrogen and oxygen atoms in total. The van der Waals surface area contributed by atoms with Crippen molar-refractivity contribution in [1.29, 1.82) is 0 Å². The van der Waals surface area contributed by atoms with Gasteiger partial charge in [-0.2, -0.15) is 5.10 Å². The minimum atomic E-state index is 0.363. The van der Waals surface area contributed by atoms with Gasteiger partial charge in [-0.1, -0.05) is 17.7 Å². The van der Waals surface area contributed by atoms with E-state index < -0.39 is 0 Å². The summed E-state index contributed by atoms with van der Waals surface area (Å²) in [6.07, 6.45) is 5.46. The van der Waals surface area contributed by atoms with Crippen LogP contribution < -0.4 is 5.73 Å². The summed E-state index contributed by atoms with van der Waals surface area (Å²) in [5, 5.41) is 4.94. The van der Waals surface area contributed by atoms with Crippen LogP contribution in [-0.2, 0) is 0 Å². The Balaban J connectivity index is 2.37. The van der Waals surface area contributed by atoms with Crippen LogP contribution in [0.1, 0.15) is 11.3 Å². The number of nitrogens with two attached hydrogens (primary N) is 1. The fourth-order valence-electron chi connectivity index (χ4n) is 1.54. The Hall–Kier alpha value is -1.46. The average molecular weight is 281 g/mol. The standard InChI is InChI=1S/C12H13ClN4S/c1-8-7-17(12(14)16-8)15-6-9-10(13)4-3-5-11(9)18-2/h3-7H,1-2H3,(H2,14,16). The summed E-state index contributed by atoms with van der Waals surface area (Å²) in [6, 6.07) is 5.76. The van der Waals surface area contributed by atoms with Gasteiger partial charge >= 0.3 is 0 Å². The summed E-state index contributed by atoms with van der Waals surface area (Å²) >= 11 is 7.78. The summed E-state index contributed by atoms with van der Waals surface area (Å²) in [5.41, 5.74) is 7.43. The molecule has 0 saturated carbocycles. The fourth-order valence-corrected chi connectivity index (χ4v) is 2.41. The van der Waals surface area contributed by atoms with Crippen LogP contribution in [0.3, 0.4) is 0 Å². The van der Waals surface area contributed by atoms with Gasteiger partial charge in [0.2, 0.25) is 5.95 Å². The van der Waals surface area contributed by atoms with Crippen molar-refractivity contribution in [3.8, 4) is 0 Å². The molecule has 0 aliphatic carbocycles. The summed E-state index contributed by atoms with van der Waals surface area (Å²) < 4.78 is 1.53. The molecule has 2 aromatic rings. The van der Waals surface area contributed by atoms with Gasteiger partial charge in [-0.3, -0.25) is 0 Å². The number of rotatable bonds is 3. The van der Waals surface area contributed by atoms with Crippen molar-refractivity contribution >= 4 is 35.5 Å². The van der Waals surface area contributed by atoms with Gasteiger partial charge in [-0.25, -0.2) is 9.66 Å². The molecule has 2 rings (SSSR count). The lowest BCUT2D eigenvalue weighted by molar-refractivity contribution is 0.896. The molecular formula is C12H13ClN4S. The Morgan fingerprint density at radius 3 is 2.89 bits per heavy atom. The molecule has 1 aromatic heterocycles. The van der Waals surface area contributed by atoms with Gasteiger partial charge in [0.25, 0.3) is 0 Å². The molecule has 0 aliphatic heterocycles. The zero-order chi connectivity index (χ0) is 13.1. The van der Waals surface area contributed by atoms with Crippen molar-refractivity contribution in [3.63, 3.8) is 0 Å². The Morgan fingerprint density at radius 2 is 2.28 bits per heavy atom. The molecule has 0 amide bonds. The minimum absolute atomic E-state index is 0.363. The third kappa shape index (κ3) is 2.68. The molecule has 94 valence electrons. The molecule has 0 fully saturated rings. The number of anilines is 1. The quantitative estimate of drug-likeness (QED) is 0.694. The third-order valence-corrected chi connectivity index (χ3v) is 3.50. The van der Waals surface area contributed by atoms with Crippen LogP contribution in [0.15, 0.2) is 34.4 Å². The van der Waals surface area contributed by atoms with Gasteiger partial charge in [-0.05, 0) is 25.3 Å². The number of nitrogen functional groups attached to an aromatic ring is 1. The third-order valence-electron chi connectivity index (χ3n) is 2.38. The van der Waals surface area contributed by atoms with Crippen molar-refractivity contribution in [2.24, 2.45) is 5.10 Å². The topological polar surface area (TPSA) is 56.2 Å². The van der Waals surface area contributed by atoms with Gasteiger partial charge in [0.05, 0.1) is 23.1 Å². The van der Waals surface area contributed by atoms with Crippen LogP contribution in [0.4, 0.5) is 5.95 Å². The first-order valence-corrected chi connectivity index (χ1v) is 6.90. The van der Waals surface area contributed by atoms with Crippen molar-refractivity contribution < 1.29 is 0 Å². The van der Waals surface area contributed by atoms with E-state index in [4.69, 9.17) is 17.3 Å². The van der Waals surface area contributed by atoms with Crippen LogP contribution in [0.5, 0.6) is 0 Å². The summed E-state index contributed by atoms with van der Waals surface area (Å²) in [5.74, 6) is 0.363. The predicted octanol–water partition coefficient (Wildman–Crippen LogP) is 3.03. The molecule has 6 heteroatoms. The highest BCUT2D eigenvalue weighted by Crippen LogP contribution is 2.25. The van der Waals surface area contributed by atoms with Crippen molar-refractivity contribution in [1.82, 2.24) is 9.66 Å². The lowest BCUT2D eigenvalue weighted by atomic mass is 10.2. The fraction of sp³-hybridized carbons (Fsp3) is 0.167. The monoisotopic (exact) mass is 280 g/mol. The second-order valence-corrected chi connectivity index (χ2v) is 4.94. The molecular weight excluding hydrogens is 268 g/mol. The van der Waals surface area contributed by atoms with E-state index in [0.29, 0.717) is 11.0 Å². The number of nitrogens with zero attached hydrogens (tertiary/aromatic N) is 3. The molecule has 1 aromatic carbocycles. The SMILES string of the molecule is CSc1cccc(Cl)c1C=Nn1cc(C)nc1N. The molecule has 1 heterocycles. The molecule has 0 aliphatic rings. The predicted molar refractivity (Wildman–Crippen MR) is 77.6 cm³/mol. The van der Waals surface area contributed by atoms with E-state index in [1.165, 1.54) is 4.68 Å². The highest BCUT2D eigenvalue weighted by molar-refractivity contribution is 7.98. The van der Waals surface area contributed by atoms with Gasteiger partial charge in [0.15, 0.2) is 0 Å². The lowest BCUT2D eigenvalue weighted by Gasteiger charge is -2.04. The van der Waals surface area contributed by atoms with Gasteiger partial charge in [0, 0.05) is 10.5 Å². The number of aromatic nitrogens is 2. The smallest absolute Gasteiger partial charge is 0.221 e. The van der Waals surface area contributed by atoms with Crippen LogP contribution in [0.25, 0.3) is 0 Å². The van der Waals surface area contributed by atoms with E-state index in [1.54, 1.807) is 24.2 Å². The maximum absolute atomic E-state index is 6.16. The largest absolute Gasteiger partial charge is 0.368 e. The summed E-state index contributed by atoms with van der Waals surface area (Å²) in [6.45, 7) is 1.87. The van der Waals surface area contributed by atoms with E-state index in [-0.39, 0.29) is 0 Å². The maximum atomic E-state index is 6.16. The minimum Gasteiger partial charge on any atom is -0.368 e. The highest BCUT2D eigenvalue weighted by atomic mass is 35.5. The van der Waals surface area contributed by atoms with Gasteiger partial charge in [0.1, 0.15) is 0 Å². The molecule has 0 bridgehead atoms. The van der Waals surface area contributed by atoms with E-state index in [9.17, 15) is 0 Å². The maximum Gasteiger partial charge on any atom is 0.221 e. The molecule has 0 unspecified atom stereocenters. The number of aryl methyl sites for hydroxylation is 1. The number of imidazole rings is 1. The Morgan fingerprint density at radius 1 is 1.50 bits per heavy atom. The van der Waals surface area contributed by atoms with Crippen LogP contribution in [0, 0.1) is 6.92 Å². The number of hydrogen-bond donors (Lipinski definition) is 1. The zero-order valence-corrected chi connectivity index (χ0v) is 11.7. The van der Waals surface area contributed by atoms with E-state index >= 15 is 0 Å². The normalized spacial score (nSPS) is 11.3. The first-order chi connectivity index (χ1) is 8.61. The first kappa shape index (κ1) is 13.0. The molecule has 0 radical (unpaired) electrons. The first-order valence-electron chi connectivity index (χ1n) is 5.30. The van der Waals surface area contributed by atoms with Crippen LogP contribution in [-0.4, -0.2) is 22.1 Å². The number of thioether (sulfide) groups is 1. The second-order valence-electron chi connectivity index (χ2n) is 3.69. The number of halogens is 1. The van der Waals surface area contributed by atoms with Crippen molar-refractivity contribution in [2.45, 2.75) is 11.8 Å². The van der Waals surface area contributed by atoms with Crippen LogP contribution >= 0.6 is 23.4 Å². The molecule has 0 saturated heterocycles. The number of hydrogen-bond acceptors (Lipinski definition) is 4. The summed E-state index contributed by atoms with van der Waals surface area (Å²) in [4.78, 5) is 5.15. The Bertz CT molecular complexity index is 592. The molecule has 2 N–H and O–H groups in total. The van der Waals surface area contributed by atoms with Gasteiger partial charge < -0.3 is 5.73 Å². The lowest BCUT2D eigenvalue weighted by Crippen LogP contribution is -1.97. The zero-order valence-electron chi connectivity index (χ0n) is 10.1. The Labute approximate surface area is 115 Å². The average Bonchev–Trinajstić information content (AvgIpc) is 2.66.